The molecule has 7 nitrogen and oxygen atoms in total. The van der Waals surface area contributed by atoms with Gasteiger partial charge in [-0.25, -0.2) is 0 Å². The molecule has 3 aromatic rings. The molecule has 0 atom stereocenters. The summed E-state index contributed by atoms with van der Waals surface area (Å²) in [7, 11) is 3.01. The van der Waals surface area contributed by atoms with Crippen molar-refractivity contribution in [2.75, 3.05) is 30.2 Å². The summed E-state index contributed by atoms with van der Waals surface area (Å²) in [5, 5.41) is 8.35. The maximum atomic E-state index is 12.2. The zero-order valence-electron chi connectivity index (χ0n) is 16.1. The monoisotopic (exact) mass is 391 g/mol. The Morgan fingerprint density at radius 3 is 1.76 bits per heavy atom. The van der Waals surface area contributed by atoms with E-state index in [0.29, 0.717) is 22.9 Å². The van der Waals surface area contributed by atoms with Crippen molar-refractivity contribution >= 4 is 34.6 Å². The Balaban J connectivity index is 1.59. The molecule has 0 aliphatic rings. The molecule has 3 rings (SSSR count). The van der Waals surface area contributed by atoms with Crippen molar-refractivity contribution in [3.05, 3.63) is 72.8 Å². The maximum Gasteiger partial charge on any atom is 0.314 e. The third kappa shape index (κ3) is 5.26. The largest absolute Gasteiger partial charge is 0.493 e. The van der Waals surface area contributed by atoms with Gasteiger partial charge in [-0.05, 0) is 48.5 Å². The van der Waals surface area contributed by atoms with Crippen LogP contribution in [-0.2, 0) is 9.59 Å². The van der Waals surface area contributed by atoms with E-state index in [-0.39, 0.29) is 0 Å². The molecule has 0 heterocycles. The van der Waals surface area contributed by atoms with Gasteiger partial charge < -0.3 is 25.4 Å². The van der Waals surface area contributed by atoms with Gasteiger partial charge in [0.2, 0.25) is 0 Å². The number of amides is 2. The van der Waals surface area contributed by atoms with Gasteiger partial charge in [0.15, 0.2) is 11.5 Å². The van der Waals surface area contributed by atoms with Crippen molar-refractivity contribution < 1.29 is 19.1 Å². The van der Waals surface area contributed by atoms with E-state index in [2.05, 4.69) is 16.0 Å². The second kappa shape index (κ2) is 9.27. The second-order valence-corrected chi connectivity index (χ2v) is 6.05. The second-order valence-electron chi connectivity index (χ2n) is 6.05. The van der Waals surface area contributed by atoms with Crippen molar-refractivity contribution in [1.29, 1.82) is 0 Å². The summed E-state index contributed by atoms with van der Waals surface area (Å²) in [5.41, 5.74) is 2.75. The number of methoxy groups -OCH3 is 2. The number of carbonyl (C=O) groups excluding carboxylic acids is 2. The molecule has 29 heavy (non-hydrogen) atoms. The normalized spacial score (nSPS) is 10.0. The predicted molar refractivity (Wildman–Crippen MR) is 113 cm³/mol. The SMILES string of the molecule is COc1ccc(NC(=O)C(=O)Nc2ccc(Nc3ccccc3)cc2)cc1OC. The van der Waals surface area contributed by atoms with Crippen LogP contribution in [0.3, 0.4) is 0 Å². The highest BCUT2D eigenvalue weighted by atomic mass is 16.5. The van der Waals surface area contributed by atoms with Gasteiger partial charge >= 0.3 is 11.8 Å². The van der Waals surface area contributed by atoms with Crippen molar-refractivity contribution in [2.45, 2.75) is 0 Å². The van der Waals surface area contributed by atoms with E-state index >= 15 is 0 Å². The average Bonchev–Trinajstić information content (AvgIpc) is 2.75. The number of anilines is 4. The standard InChI is InChI=1S/C22H21N3O4/c1-28-19-13-12-18(14-20(19)29-2)25-22(27)21(26)24-17-10-8-16(9-11-17)23-15-6-4-3-5-7-15/h3-14,23H,1-2H3,(H,24,26)(H,25,27). The topological polar surface area (TPSA) is 88.7 Å². The molecule has 148 valence electrons. The molecule has 7 heteroatoms. The summed E-state index contributed by atoms with van der Waals surface area (Å²) in [6, 6.07) is 21.6. The smallest absolute Gasteiger partial charge is 0.314 e. The van der Waals surface area contributed by atoms with E-state index in [9.17, 15) is 9.59 Å². The average molecular weight is 391 g/mol. The molecule has 0 fully saturated rings. The number of hydrogen-bond acceptors (Lipinski definition) is 5. The molecule has 3 aromatic carbocycles. The lowest BCUT2D eigenvalue weighted by atomic mass is 10.2. The van der Waals surface area contributed by atoms with E-state index in [1.165, 1.54) is 14.2 Å². The van der Waals surface area contributed by atoms with Crippen LogP contribution < -0.4 is 25.4 Å². The first-order valence-corrected chi connectivity index (χ1v) is 8.85. The van der Waals surface area contributed by atoms with Crippen LogP contribution in [0.4, 0.5) is 22.7 Å². The lowest BCUT2D eigenvalue weighted by Gasteiger charge is -2.11. The Labute approximate surface area is 168 Å². The van der Waals surface area contributed by atoms with Crippen LogP contribution in [0, 0.1) is 0 Å². The molecule has 0 aliphatic carbocycles. The van der Waals surface area contributed by atoms with Gasteiger partial charge in [0, 0.05) is 28.8 Å². The van der Waals surface area contributed by atoms with Crippen LogP contribution in [0.15, 0.2) is 72.8 Å². The molecule has 3 N–H and O–H groups in total. The fraction of sp³-hybridized carbons (Fsp3) is 0.0909. The molecule has 0 saturated heterocycles. The van der Waals surface area contributed by atoms with Crippen LogP contribution in [-0.4, -0.2) is 26.0 Å². The molecule has 0 bridgehead atoms. The van der Waals surface area contributed by atoms with Gasteiger partial charge in [0.25, 0.3) is 0 Å². The molecule has 0 aromatic heterocycles. The van der Waals surface area contributed by atoms with Crippen molar-refractivity contribution in [3.63, 3.8) is 0 Å². The van der Waals surface area contributed by atoms with E-state index < -0.39 is 11.8 Å². The number of hydrogen-bond donors (Lipinski definition) is 3. The zero-order chi connectivity index (χ0) is 20.6. The van der Waals surface area contributed by atoms with Crippen LogP contribution in [0.1, 0.15) is 0 Å². The lowest BCUT2D eigenvalue weighted by Crippen LogP contribution is -2.29. The minimum Gasteiger partial charge on any atom is -0.493 e. The first kappa shape index (κ1) is 19.8. The van der Waals surface area contributed by atoms with Crippen molar-refractivity contribution in [1.82, 2.24) is 0 Å². The molecule has 0 aliphatic heterocycles. The maximum absolute atomic E-state index is 12.2. The molecule has 2 amide bonds. The minimum atomic E-state index is -0.788. The Bertz CT molecular complexity index is 989. The molecule has 0 saturated carbocycles. The number of nitrogens with one attached hydrogen (secondary N) is 3. The predicted octanol–water partition coefficient (Wildman–Crippen LogP) is 4.02. The number of benzene rings is 3. The van der Waals surface area contributed by atoms with Gasteiger partial charge in [-0.3, -0.25) is 9.59 Å². The number of para-hydroxylation sites is 1. The number of carbonyl (C=O) groups is 2. The third-order valence-corrected chi connectivity index (χ3v) is 4.05. The molecule has 0 radical (unpaired) electrons. The summed E-state index contributed by atoms with van der Waals surface area (Å²) < 4.78 is 10.3. The number of ether oxygens (including phenoxy) is 2. The Morgan fingerprint density at radius 1 is 0.621 bits per heavy atom. The first-order valence-electron chi connectivity index (χ1n) is 8.85. The quantitative estimate of drug-likeness (QED) is 0.552. The van der Waals surface area contributed by atoms with E-state index in [0.717, 1.165) is 11.4 Å². The van der Waals surface area contributed by atoms with Crippen LogP contribution in [0.2, 0.25) is 0 Å². The highest BCUT2D eigenvalue weighted by Gasteiger charge is 2.15. The lowest BCUT2D eigenvalue weighted by molar-refractivity contribution is -0.132. The first-order chi connectivity index (χ1) is 14.1. The zero-order valence-corrected chi connectivity index (χ0v) is 16.1. The summed E-state index contributed by atoms with van der Waals surface area (Å²) in [4.78, 5) is 24.3. The molecule has 0 unspecified atom stereocenters. The molecular weight excluding hydrogens is 370 g/mol. The fourth-order valence-electron chi connectivity index (χ4n) is 2.61. The van der Waals surface area contributed by atoms with Crippen molar-refractivity contribution in [3.8, 4) is 11.5 Å². The highest BCUT2D eigenvalue weighted by molar-refractivity contribution is 6.43. The Hall–Kier alpha value is -4.00. The van der Waals surface area contributed by atoms with Gasteiger partial charge in [-0.15, -0.1) is 0 Å². The summed E-state index contributed by atoms with van der Waals surface area (Å²) >= 11 is 0. The molecule has 0 spiro atoms. The van der Waals surface area contributed by atoms with Gasteiger partial charge in [-0.1, -0.05) is 18.2 Å². The summed E-state index contributed by atoms with van der Waals surface area (Å²) in [5.74, 6) is -0.585. The van der Waals surface area contributed by atoms with Crippen LogP contribution in [0.5, 0.6) is 11.5 Å². The van der Waals surface area contributed by atoms with Gasteiger partial charge in [0.05, 0.1) is 14.2 Å². The van der Waals surface area contributed by atoms with Gasteiger partial charge in [0.1, 0.15) is 0 Å². The Kier molecular flexibility index (Phi) is 6.32. The summed E-state index contributed by atoms with van der Waals surface area (Å²) in [6.45, 7) is 0. The van der Waals surface area contributed by atoms with Gasteiger partial charge in [-0.2, -0.15) is 0 Å². The third-order valence-electron chi connectivity index (χ3n) is 4.05. The summed E-state index contributed by atoms with van der Waals surface area (Å²) in [6.07, 6.45) is 0. The molecular formula is C22H21N3O4. The van der Waals surface area contributed by atoms with E-state index in [1.807, 2.05) is 42.5 Å². The van der Waals surface area contributed by atoms with Crippen LogP contribution in [0.25, 0.3) is 0 Å². The Morgan fingerprint density at radius 2 is 1.14 bits per heavy atom. The fourth-order valence-corrected chi connectivity index (χ4v) is 2.61. The minimum absolute atomic E-state index is 0.421. The highest BCUT2D eigenvalue weighted by Crippen LogP contribution is 2.29. The number of rotatable bonds is 6. The van der Waals surface area contributed by atoms with E-state index in [1.54, 1.807) is 30.3 Å². The van der Waals surface area contributed by atoms with Crippen molar-refractivity contribution in [2.24, 2.45) is 0 Å². The van der Waals surface area contributed by atoms with E-state index in [4.69, 9.17) is 9.47 Å². The van der Waals surface area contributed by atoms with Crippen LogP contribution >= 0.6 is 0 Å².